The summed E-state index contributed by atoms with van der Waals surface area (Å²) in [6.45, 7) is 79.1. The molecule has 0 spiro atoms. The van der Waals surface area contributed by atoms with E-state index >= 15 is 0 Å². The normalized spacial score (nSPS) is 17.0. The third-order valence-electron chi connectivity index (χ3n) is 22.1. The van der Waals surface area contributed by atoms with E-state index in [4.69, 9.17) is 0 Å². The van der Waals surface area contributed by atoms with Gasteiger partial charge in [0, 0.05) is 10.8 Å². The fourth-order valence-corrected chi connectivity index (χ4v) is 13.9. The molecule has 0 N–H and O–H groups in total. The Kier molecular flexibility index (Phi) is 58.6. The van der Waals surface area contributed by atoms with Crippen molar-refractivity contribution < 1.29 is 35.1 Å². The SMILES string of the molecule is CC(C)C(C)(F)C(C)C.CCC(C)(F)C(C(C)C)C(C)C.CCC(C)(F)C(C)(CC)CC.CCC(CC)C(C)(F)C(C)C.CCCC(C)(F)C(C(C)C)C(C)C.CCCC(C)(F)C(C)(CC)CC.CCCC(C)(F)C(CC)CC.CCCC(C)(F)CC(C)C. The van der Waals surface area contributed by atoms with Crippen molar-refractivity contribution in [3.63, 3.8) is 0 Å². The first-order valence-electron chi connectivity index (χ1n) is 37.4. The highest BCUT2D eigenvalue weighted by Gasteiger charge is 2.43. The van der Waals surface area contributed by atoms with Gasteiger partial charge in [0.25, 0.3) is 0 Å². The number of hydrogen-bond donors (Lipinski definition) is 0. The van der Waals surface area contributed by atoms with Crippen molar-refractivity contribution in [3.8, 4) is 0 Å². The predicted octanol–water partition coefficient (Wildman–Crippen LogP) is 31.1. The second kappa shape index (κ2) is 49.9. The smallest absolute Gasteiger partial charge is 0.113 e. The van der Waals surface area contributed by atoms with Gasteiger partial charge in [-0.1, -0.05) is 273 Å². The van der Waals surface area contributed by atoms with Gasteiger partial charge in [-0.05, 0) is 197 Å². The van der Waals surface area contributed by atoms with E-state index in [1.807, 2.05) is 83.1 Å². The van der Waals surface area contributed by atoms with Gasteiger partial charge in [-0.3, -0.25) is 0 Å². The molecule has 0 bridgehead atoms. The molecule has 0 aromatic carbocycles. The maximum atomic E-state index is 14.3. The molecule has 0 heterocycles. The van der Waals surface area contributed by atoms with E-state index in [1.54, 1.807) is 55.4 Å². The molecule has 0 aromatic heterocycles. The van der Waals surface area contributed by atoms with Gasteiger partial charge in [-0.2, -0.15) is 0 Å². The second-order valence-corrected chi connectivity index (χ2v) is 32.3. The summed E-state index contributed by atoms with van der Waals surface area (Å²) in [5.41, 5.74) is -8.10. The number of rotatable bonds is 33. The molecule has 0 saturated carbocycles. The summed E-state index contributed by atoms with van der Waals surface area (Å²) in [4.78, 5) is 0. The Morgan fingerprint density at radius 3 is 0.708 bits per heavy atom. The minimum Gasteiger partial charge on any atom is -0.244 e. The van der Waals surface area contributed by atoms with Crippen LogP contribution in [-0.4, -0.2) is 45.4 Å². The Hall–Kier alpha value is -0.560. The summed E-state index contributed by atoms with van der Waals surface area (Å²) < 4.78 is 111. The zero-order valence-electron chi connectivity index (χ0n) is 68.4. The quantitative estimate of drug-likeness (QED) is 0.0575. The Labute approximate surface area is 558 Å². The standard InChI is InChI=1S/C12H25F.2C11H23F.3C10H21F.C9H19F.C8H17F/c1-7-8-12(6,13)11(9(2)3)10(4)5;1-7-11(6,12)10(8(2)3)9(4)5;1-6-9-11(5,12)10(4,7-2)8-3;1-6-9(4,7-2)10(5,11)8-3;1-6-9(7-2)10(5,11)8(3)4;1-5-8-10(4,11)9(6-2)7-3;1-5-6-9(4,10)7-8(2)3;1-6(2)8(5,9)7(3)4/h9-11H,7-8H2,1-6H3;8-10H,7H2,1-6H3;6-9H2,1-5H3;6-8H2,1-5H3;8-9H,6-7H2,1-5H3;9H,5-8H2,1-4H3;8H,5-7H2,1-4H3;6-7H,1-5H3. The minimum atomic E-state index is -1.00. The summed E-state index contributed by atoms with van der Waals surface area (Å²) in [7, 11) is 0. The van der Waals surface area contributed by atoms with Gasteiger partial charge < -0.3 is 0 Å². The van der Waals surface area contributed by atoms with Crippen LogP contribution in [0, 0.1) is 81.8 Å². The summed E-state index contributed by atoms with van der Waals surface area (Å²) in [6, 6.07) is 0. The molecule has 0 aliphatic heterocycles. The second-order valence-electron chi connectivity index (χ2n) is 32.3. The average molecular weight is 1300 g/mol. The minimum absolute atomic E-state index is 0.123. The van der Waals surface area contributed by atoms with Crippen LogP contribution >= 0.6 is 0 Å². The van der Waals surface area contributed by atoms with Gasteiger partial charge in [0.2, 0.25) is 0 Å². The van der Waals surface area contributed by atoms with Crippen LogP contribution in [0.5, 0.6) is 0 Å². The van der Waals surface area contributed by atoms with Gasteiger partial charge in [0.1, 0.15) is 45.4 Å². The fraction of sp³-hybridized carbons (Fsp3) is 1.00. The zero-order valence-corrected chi connectivity index (χ0v) is 68.4. The lowest BCUT2D eigenvalue weighted by Gasteiger charge is -2.39. The molecular formula is C81H170F8. The van der Waals surface area contributed by atoms with Crippen LogP contribution in [0.15, 0.2) is 0 Å². The summed E-state index contributed by atoms with van der Waals surface area (Å²) >= 11 is 0. The molecule has 0 aromatic rings. The van der Waals surface area contributed by atoms with Crippen LogP contribution in [0.3, 0.4) is 0 Å². The van der Waals surface area contributed by atoms with Gasteiger partial charge in [0.15, 0.2) is 0 Å². The number of halogens is 8. The van der Waals surface area contributed by atoms with Crippen LogP contribution in [0.2, 0.25) is 0 Å². The molecule has 7 atom stereocenters. The molecule has 0 aliphatic carbocycles. The summed E-state index contributed by atoms with van der Waals surface area (Å²) in [5.74, 6) is 3.42. The molecule has 89 heavy (non-hydrogen) atoms. The van der Waals surface area contributed by atoms with Crippen LogP contribution in [0.25, 0.3) is 0 Å². The molecule has 0 rings (SSSR count). The van der Waals surface area contributed by atoms with Crippen LogP contribution in [0.4, 0.5) is 35.1 Å². The lowest BCUT2D eigenvalue weighted by molar-refractivity contribution is 0.00460. The lowest BCUT2D eigenvalue weighted by Crippen LogP contribution is -2.39. The monoisotopic (exact) mass is 1300 g/mol. The molecule has 0 saturated heterocycles. The van der Waals surface area contributed by atoms with E-state index in [0.717, 1.165) is 77.0 Å². The van der Waals surface area contributed by atoms with Crippen molar-refractivity contribution in [2.24, 2.45) is 81.8 Å². The van der Waals surface area contributed by atoms with Gasteiger partial charge in [-0.15, -0.1) is 0 Å². The zero-order chi connectivity index (χ0) is 73.4. The molecule has 0 radical (unpaired) electrons. The van der Waals surface area contributed by atoms with Crippen LogP contribution in [-0.2, 0) is 0 Å². The molecule has 0 nitrogen and oxygen atoms in total. The Balaban J connectivity index is -0.000000141. The van der Waals surface area contributed by atoms with E-state index in [9.17, 15) is 35.1 Å². The maximum absolute atomic E-state index is 14.3. The Morgan fingerprint density at radius 2 is 0.539 bits per heavy atom. The van der Waals surface area contributed by atoms with Crippen molar-refractivity contribution >= 4 is 0 Å². The first-order chi connectivity index (χ1) is 39.9. The van der Waals surface area contributed by atoms with Gasteiger partial charge in [0.05, 0.1) is 0 Å². The topological polar surface area (TPSA) is 0 Å². The molecule has 0 fully saturated rings. The van der Waals surface area contributed by atoms with E-state index in [1.165, 1.54) is 0 Å². The van der Waals surface area contributed by atoms with Crippen molar-refractivity contribution in [2.45, 2.75) is 444 Å². The maximum Gasteiger partial charge on any atom is 0.113 e. The number of hydrogen-bond acceptors (Lipinski definition) is 0. The van der Waals surface area contributed by atoms with Crippen molar-refractivity contribution in [1.82, 2.24) is 0 Å². The van der Waals surface area contributed by atoms with E-state index in [2.05, 4.69) is 138 Å². The third-order valence-corrected chi connectivity index (χ3v) is 22.1. The highest BCUT2D eigenvalue weighted by atomic mass is 19.2. The van der Waals surface area contributed by atoms with Crippen molar-refractivity contribution in [1.29, 1.82) is 0 Å². The highest BCUT2D eigenvalue weighted by molar-refractivity contribution is 4.93. The highest BCUT2D eigenvalue weighted by Crippen LogP contribution is 2.45. The molecule has 550 valence electrons. The molecule has 0 amide bonds. The third kappa shape index (κ3) is 42.6. The predicted molar refractivity (Wildman–Crippen MR) is 392 cm³/mol. The van der Waals surface area contributed by atoms with E-state index in [0.29, 0.717) is 74.5 Å². The van der Waals surface area contributed by atoms with Crippen LogP contribution in [0.1, 0.15) is 399 Å². The molecule has 8 heteroatoms. The Morgan fingerprint density at radius 1 is 0.270 bits per heavy atom. The van der Waals surface area contributed by atoms with Crippen LogP contribution < -0.4 is 0 Å². The largest absolute Gasteiger partial charge is 0.244 e. The van der Waals surface area contributed by atoms with Gasteiger partial charge in [-0.25, -0.2) is 35.1 Å². The van der Waals surface area contributed by atoms with Crippen molar-refractivity contribution in [2.75, 3.05) is 0 Å². The first-order valence-corrected chi connectivity index (χ1v) is 37.4. The Bertz CT molecular complexity index is 1520. The molecular weight excluding hydrogens is 1120 g/mol. The molecule has 0 aliphatic rings. The fourth-order valence-electron chi connectivity index (χ4n) is 13.9. The summed E-state index contributed by atoms with van der Waals surface area (Å²) in [5, 5.41) is 0. The van der Waals surface area contributed by atoms with Crippen molar-refractivity contribution in [3.05, 3.63) is 0 Å². The summed E-state index contributed by atoms with van der Waals surface area (Å²) in [6.07, 6.45) is 16.0. The van der Waals surface area contributed by atoms with E-state index in [-0.39, 0.29) is 52.3 Å². The lowest BCUT2D eigenvalue weighted by atomic mass is 9.70. The average Bonchev–Trinajstić information content (AvgIpc) is 3.38. The van der Waals surface area contributed by atoms with E-state index < -0.39 is 45.4 Å². The number of alkyl halides is 8. The first kappa shape index (κ1) is 105. The van der Waals surface area contributed by atoms with Gasteiger partial charge >= 0.3 is 0 Å². The molecule has 7 unspecified atom stereocenters.